The fraction of sp³-hybridized carbons (Fsp3) is 0.529. The number of nitrogens with one attached hydrogen (secondary N) is 1. The van der Waals surface area contributed by atoms with Crippen molar-refractivity contribution in [3.05, 3.63) is 45.5 Å². The first kappa shape index (κ1) is 15.9. The van der Waals surface area contributed by atoms with E-state index in [1.54, 1.807) is 6.07 Å². The minimum Gasteiger partial charge on any atom is -0.307 e. The van der Waals surface area contributed by atoms with Crippen LogP contribution in [0.4, 0.5) is 0 Å². The smallest absolute Gasteiger partial charge is 0.0537 e. The van der Waals surface area contributed by atoms with Gasteiger partial charge in [-0.3, -0.25) is 0 Å². The first-order valence-electron chi connectivity index (χ1n) is 7.59. The SMILES string of the molecule is CCNC(/C1=C/CCCCCC1)c1cc(Cl)cc(Cl)c1. The summed E-state index contributed by atoms with van der Waals surface area (Å²) in [5.74, 6) is 0. The van der Waals surface area contributed by atoms with Crippen molar-refractivity contribution in [2.45, 2.75) is 51.5 Å². The molecule has 1 aliphatic carbocycles. The fourth-order valence-corrected chi connectivity index (χ4v) is 3.43. The van der Waals surface area contributed by atoms with E-state index in [0.29, 0.717) is 10.0 Å². The molecule has 0 saturated heterocycles. The van der Waals surface area contributed by atoms with E-state index >= 15 is 0 Å². The van der Waals surface area contributed by atoms with Gasteiger partial charge in [0, 0.05) is 10.0 Å². The predicted molar refractivity (Wildman–Crippen MR) is 88.7 cm³/mol. The summed E-state index contributed by atoms with van der Waals surface area (Å²) < 4.78 is 0. The Morgan fingerprint density at radius 2 is 1.75 bits per heavy atom. The second-order valence-electron chi connectivity index (χ2n) is 5.43. The van der Waals surface area contributed by atoms with Crippen LogP contribution in [0.25, 0.3) is 0 Å². The molecule has 1 atom stereocenters. The van der Waals surface area contributed by atoms with Gasteiger partial charge in [-0.25, -0.2) is 0 Å². The number of hydrogen-bond donors (Lipinski definition) is 1. The third-order valence-electron chi connectivity index (χ3n) is 3.82. The molecule has 2 rings (SSSR count). The molecule has 0 radical (unpaired) electrons. The summed E-state index contributed by atoms with van der Waals surface area (Å²) in [6.45, 7) is 3.08. The summed E-state index contributed by atoms with van der Waals surface area (Å²) in [5.41, 5.74) is 2.67. The zero-order valence-electron chi connectivity index (χ0n) is 12.1. The van der Waals surface area contributed by atoms with E-state index in [2.05, 4.69) is 18.3 Å². The molecule has 0 aromatic heterocycles. The first-order valence-corrected chi connectivity index (χ1v) is 8.34. The number of allylic oxidation sites excluding steroid dienone is 1. The normalized spacial score (nSPS) is 20.6. The van der Waals surface area contributed by atoms with E-state index in [0.717, 1.165) is 6.54 Å². The summed E-state index contributed by atoms with van der Waals surface area (Å²) in [6, 6.07) is 6.09. The van der Waals surface area contributed by atoms with E-state index in [1.807, 2.05) is 12.1 Å². The maximum atomic E-state index is 6.16. The third kappa shape index (κ3) is 4.51. The van der Waals surface area contributed by atoms with Crippen molar-refractivity contribution in [1.29, 1.82) is 0 Å². The van der Waals surface area contributed by atoms with Crippen LogP contribution in [0.15, 0.2) is 29.8 Å². The van der Waals surface area contributed by atoms with E-state index in [1.165, 1.54) is 49.7 Å². The van der Waals surface area contributed by atoms with Crippen molar-refractivity contribution in [2.75, 3.05) is 6.54 Å². The van der Waals surface area contributed by atoms with Crippen molar-refractivity contribution in [2.24, 2.45) is 0 Å². The highest BCUT2D eigenvalue weighted by atomic mass is 35.5. The van der Waals surface area contributed by atoms with Gasteiger partial charge in [-0.15, -0.1) is 0 Å². The highest BCUT2D eigenvalue weighted by molar-refractivity contribution is 6.34. The lowest BCUT2D eigenvalue weighted by molar-refractivity contribution is 0.554. The van der Waals surface area contributed by atoms with E-state index in [4.69, 9.17) is 23.2 Å². The van der Waals surface area contributed by atoms with Crippen LogP contribution in [-0.2, 0) is 0 Å². The monoisotopic (exact) mass is 311 g/mol. The summed E-state index contributed by atoms with van der Waals surface area (Å²) >= 11 is 12.3. The maximum absolute atomic E-state index is 6.16. The zero-order chi connectivity index (χ0) is 14.4. The minimum absolute atomic E-state index is 0.245. The summed E-state index contributed by atoms with van der Waals surface area (Å²) in [5, 5.41) is 5.01. The summed E-state index contributed by atoms with van der Waals surface area (Å²) in [4.78, 5) is 0. The van der Waals surface area contributed by atoms with Gasteiger partial charge in [0.2, 0.25) is 0 Å². The molecule has 0 aliphatic heterocycles. The average molecular weight is 312 g/mol. The summed E-state index contributed by atoms with van der Waals surface area (Å²) in [7, 11) is 0. The van der Waals surface area contributed by atoms with Gasteiger partial charge in [0.25, 0.3) is 0 Å². The molecule has 1 N–H and O–H groups in total. The Morgan fingerprint density at radius 1 is 1.05 bits per heavy atom. The topological polar surface area (TPSA) is 12.0 Å². The van der Waals surface area contributed by atoms with Crippen molar-refractivity contribution in [3.8, 4) is 0 Å². The van der Waals surface area contributed by atoms with Crippen molar-refractivity contribution in [3.63, 3.8) is 0 Å². The van der Waals surface area contributed by atoms with Crippen LogP contribution in [0.3, 0.4) is 0 Å². The Labute approximate surface area is 132 Å². The molecule has 0 fully saturated rings. The Hall–Kier alpha value is -0.500. The fourth-order valence-electron chi connectivity index (χ4n) is 2.89. The lowest BCUT2D eigenvalue weighted by Crippen LogP contribution is -2.23. The molecular weight excluding hydrogens is 289 g/mol. The molecule has 1 aromatic rings. The average Bonchev–Trinajstić information content (AvgIpc) is 2.35. The molecular formula is C17H23Cl2N. The second-order valence-corrected chi connectivity index (χ2v) is 6.30. The maximum Gasteiger partial charge on any atom is 0.0537 e. The molecule has 20 heavy (non-hydrogen) atoms. The highest BCUT2D eigenvalue weighted by Crippen LogP contribution is 2.31. The Morgan fingerprint density at radius 3 is 2.45 bits per heavy atom. The number of likely N-dealkylation sites (N-methyl/N-ethyl adjacent to an activating group) is 1. The van der Waals surface area contributed by atoms with Crippen LogP contribution in [-0.4, -0.2) is 6.54 Å². The van der Waals surface area contributed by atoms with Gasteiger partial charge in [0.15, 0.2) is 0 Å². The van der Waals surface area contributed by atoms with Gasteiger partial charge >= 0.3 is 0 Å². The van der Waals surface area contributed by atoms with Crippen LogP contribution in [0, 0.1) is 0 Å². The minimum atomic E-state index is 0.245. The van der Waals surface area contributed by atoms with Crippen LogP contribution in [0.1, 0.15) is 57.1 Å². The van der Waals surface area contributed by atoms with Crippen LogP contribution in [0.5, 0.6) is 0 Å². The Bertz CT molecular complexity index is 448. The van der Waals surface area contributed by atoms with Crippen LogP contribution < -0.4 is 5.32 Å². The molecule has 1 aliphatic rings. The number of rotatable bonds is 4. The first-order chi connectivity index (χ1) is 9.70. The molecule has 110 valence electrons. The van der Waals surface area contributed by atoms with Gasteiger partial charge in [-0.2, -0.15) is 0 Å². The number of hydrogen-bond acceptors (Lipinski definition) is 1. The number of benzene rings is 1. The van der Waals surface area contributed by atoms with Gasteiger partial charge in [-0.05, 0) is 56.0 Å². The standard InChI is InChI=1S/C17H23Cl2N/c1-2-20-17(13-8-6-4-3-5-7-9-13)14-10-15(18)12-16(19)11-14/h8,10-12,17,20H,2-7,9H2,1H3/b13-8+. The molecule has 1 aromatic carbocycles. The Kier molecular flexibility index (Phi) is 6.41. The molecule has 1 nitrogen and oxygen atoms in total. The van der Waals surface area contributed by atoms with E-state index in [9.17, 15) is 0 Å². The van der Waals surface area contributed by atoms with Gasteiger partial charge in [0.1, 0.15) is 0 Å². The van der Waals surface area contributed by atoms with Crippen molar-refractivity contribution in [1.82, 2.24) is 5.32 Å². The Balaban J connectivity index is 2.28. The van der Waals surface area contributed by atoms with Gasteiger partial charge in [0.05, 0.1) is 6.04 Å². The second kappa shape index (κ2) is 8.07. The lowest BCUT2D eigenvalue weighted by Gasteiger charge is -2.24. The molecule has 0 bridgehead atoms. The molecule has 1 unspecified atom stereocenters. The summed E-state index contributed by atoms with van der Waals surface area (Å²) in [6.07, 6.45) is 10.1. The molecule has 0 heterocycles. The van der Waals surface area contributed by atoms with Crippen molar-refractivity contribution < 1.29 is 0 Å². The molecule has 0 spiro atoms. The van der Waals surface area contributed by atoms with Gasteiger partial charge in [-0.1, -0.05) is 54.6 Å². The van der Waals surface area contributed by atoms with E-state index in [-0.39, 0.29) is 6.04 Å². The largest absolute Gasteiger partial charge is 0.307 e. The number of halogens is 2. The lowest BCUT2D eigenvalue weighted by atomic mass is 9.91. The molecule has 3 heteroatoms. The van der Waals surface area contributed by atoms with E-state index < -0.39 is 0 Å². The quantitative estimate of drug-likeness (QED) is 0.680. The van der Waals surface area contributed by atoms with Crippen LogP contribution in [0.2, 0.25) is 10.0 Å². The van der Waals surface area contributed by atoms with Gasteiger partial charge < -0.3 is 5.32 Å². The zero-order valence-corrected chi connectivity index (χ0v) is 13.6. The third-order valence-corrected chi connectivity index (χ3v) is 4.26. The predicted octanol–water partition coefficient (Wildman–Crippen LogP) is 5.92. The van der Waals surface area contributed by atoms with Crippen LogP contribution >= 0.6 is 23.2 Å². The molecule has 0 amide bonds. The van der Waals surface area contributed by atoms with Crippen molar-refractivity contribution >= 4 is 23.2 Å². The highest BCUT2D eigenvalue weighted by Gasteiger charge is 2.17. The molecule has 0 saturated carbocycles.